The smallest absolute Gasteiger partial charge is 0.106 e. The lowest BCUT2D eigenvalue weighted by Gasteiger charge is -2.09. The summed E-state index contributed by atoms with van der Waals surface area (Å²) in [6, 6.07) is 4.26. The Morgan fingerprint density at radius 3 is 2.74 bits per heavy atom. The molecule has 0 saturated carbocycles. The Hall–Kier alpha value is -1.55. The first-order valence-electron chi connectivity index (χ1n) is 6.80. The summed E-state index contributed by atoms with van der Waals surface area (Å²) < 4.78 is 7.40. The van der Waals surface area contributed by atoms with Gasteiger partial charge in [-0.3, -0.25) is 4.68 Å². The molecule has 0 aromatic carbocycles. The molecule has 0 saturated heterocycles. The van der Waals surface area contributed by atoms with Crippen LogP contribution in [0.4, 0.5) is 0 Å². The number of aliphatic hydroxyl groups excluding tert-OH is 1. The van der Waals surface area contributed by atoms with Crippen molar-refractivity contribution in [2.24, 2.45) is 0 Å². The van der Waals surface area contributed by atoms with Crippen molar-refractivity contribution in [2.75, 3.05) is 0 Å². The van der Waals surface area contributed by atoms with E-state index in [0.29, 0.717) is 12.5 Å². The zero-order valence-electron chi connectivity index (χ0n) is 12.1. The Bertz CT molecular complexity index is 542. The second-order valence-corrected chi connectivity index (χ2v) is 5.13. The molecular formula is C15H22N2O2. The summed E-state index contributed by atoms with van der Waals surface area (Å²) in [5, 5.41) is 14.8. The molecule has 1 N–H and O–H groups in total. The highest BCUT2D eigenvalue weighted by Gasteiger charge is 2.16. The van der Waals surface area contributed by atoms with Gasteiger partial charge in [0.2, 0.25) is 0 Å². The highest BCUT2D eigenvalue weighted by atomic mass is 16.3. The maximum Gasteiger partial charge on any atom is 0.106 e. The van der Waals surface area contributed by atoms with Crippen LogP contribution in [0.25, 0.3) is 0 Å². The Morgan fingerprint density at radius 1 is 1.42 bits per heavy atom. The maximum atomic E-state index is 10.3. The van der Waals surface area contributed by atoms with E-state index in [9.17, 15) is 5.11 Å². The van der Waals surface area contributed by atoms with Crippen LogP contribution in [0.3, 0.4) is 0 Å². The average molecular weight is 262 g/mol. The molecule has 0 fully saturated rings. The van der Waals surface area contributed by atoms with Crippen molar-refractivity contribution < 1.29 is 9.52 Å². The van der Waals surface area contributed by atoms with E-state index in [-0.39, 0.29) is 0 Å². The number of hydrogen-bond acceptors (Lipinski definition) is 3. The molecule has 0 bridgehead atoms. The molecule has 2 aromatic heterocycles. The Kier molecular flexibility index (Phi) is 4.10. The fraction of sp³-hybridized carbons (Fsp3) is 0.533. The van der Waals surface area contributed by atoms with Gasteiger partial charge in [0.25, 0.3) is 0 Å². The zero-order valence-corrected chi connectivity index (χ0v) is 12.1. The van der Waals surface area contributed by atoms with E-state index in [0.717, 1.165) is 29.2 Å². The van der Waals surface area contributed by atoms with Gasteiger partial charge in [-0.25, -0.2) is 0 Å². The van der Waals surface area contributed by atoms with Crippen LogP contribution in [-0.4, -0.2) is 14.9 Å². The molecule has 4 nitrogen and oxygen atoms in total. The van der Waals surface area contributed by atoms with Crippen LogP contribution in [0.2, 0.25) is 0 Å². The lowest BCUT2D eigenvalue weighted by Crippen LogP contribution is -2.07. The van der Waals surface area contributed by atoms with Crippen LogP contribution in [-0.2, 0) is 6.42 Å². The maximum absolute atomic E-state index is 10.3. The van der Waals surface area contributed by atoms with E-state index < -0.39 is 6.10 Å². The van der Waals surface area contributed by atoms with E-state index in [4.69, 9.17) is 4.42 Å². The number of nitrogens with zero attached hydrogens (tertiary/aromatic N) is 2. The van der Waals surface area contributed by atoms with E-state index in [1.807, 2.05) is 36.9 Å². The molecule has 0 aliphatic carbocycles. The standard InChI is InChI=1S/C15H22N2O2/c1-5-10(2)17-7-6-13(16-17)9-15(18)14-8-11(3)19-12(14)4/h6-8,10,15,18H,5,9H2,1-4H3. The van der Waals surface area contributed by atoms with Gasteiger partial charge in [-0.15, -0.1) is 0 Å². The highest BCUT2D eigenvalue weighted by Crippen LogP contribution is 2.24. The number of hydrogen-bond donors (Lipinski definition) is 1. The van der Waals surface area contributed by atoms with E-state index in [1.165, 1.54) is 0 Å². The van der Waals surface area contributed by atoms with E-state index in [2.05, 4.69) is 18.9 Å². The van der Waals surface area contributed by atoms with Gasteiger partial charge in [0.05, 0.1) is 11.8 Å². The number of furan rings is 1. The predicted molar refractivity (Wildman–Crippen MR) is 74.1 cm³/mol. The molecule has 2 atom stereocenters. The molecule has 0 aliphatic heterocycles. The SMILES string of the molecule is CCC(C)n1ccc(CC(O)c2cc(C)oc2C)n1. The molecule has 2 aromatic rings. The first kappa shape index (κ1) is 13.9. The number of aliphatic hydroxyl groups is 1. The van der Waals surface area contributed by atoms with Gasteiger partial charge in [0.15, 0.2) is 0 Å². The highest BCUT2D eigenvalue weighted by molar-refractivity contribution is 5.24. The predicted octanol–water partition coefficient (Wildman–Crippen LogP) is 3.34. The first-order valence-corrected chi connectivity index (χ1v) is 6.80. The van der Waals surface area contributed by atoms with E-state index in [1.54, 1.807) is 0 Å². The molecular weight excluding hydrogens is 240 g/mol. The lowest BCUT2D eigenvalue weighted by molar-refractivity contribution is 0.174. The van der Waals surface area contributed by atoms with Crippen molar-refractivity contribution in [1.82, 2.24) is 9.78 Å². The van der Waals surface area contributed by atoms with Crippen LogP contribution in [0.5, 0.6) is 0 Å². The van der Waals surface area contributed by atoms with Crippen LogP contribution >= 0.6 is 0 Å². The Balaban J connectivity index is 2.08. The summed E-state index contributed by atoms with van der Waals surface area (Å²) in [6.07, 6.45) is 2.98. The molecule has 2 heterocycles. The fourth-order valence-electron chi connectivity index (χ4n) is 2.21. The van der Waals surface area contributed by atoms with Gasteiger partial charge < -0.3 is 9.52 Å². The quantitative estimate of drug-likeness (QED) is 0.899. The number of rotatable bonds is 5. The van der Waals surface area contributed by atoms with Crippen LogP contribution in [0.1, 0.15) is 55.2 Å². The molecule has 104 valence electrons. The minimum absolute atomic E-state index is 0.392. The summed E-state index contributed by atoms with van der Waals surface area (Å²) in [5.74, 6) is 1.61. The molecule has 0 spiro atoms. The largest absolute Gasteiger partial charge is 0.466 e. The van der Waals surface area contributed by atoms with Crippen molar-refractivity contribution in [3.05, 3.63) is 41.1 Å². The van der Waals surface area contributed by atoms with Gasteiger partial charge in [-0.2, -0.15) is 5.10 Å². The van der Waals surface area contributed by atoms with Crippen LogP contribution < -0.4 is 0 Å². The number of aromatic nitrogens is 2. The topological polar surface area (TPSA) is 51.2 Å². The monoisotopic (exact) mass is 262 g/mol. The zero-order chi connectivity index (χ0) is 14.0. The Morgan fingerprint density at radius 2 is 2.16 bits per heavy atom. The lowest BCUT2D eigenvalue weighted by atomic mass is 10.1. The van der Waals surface area contributed by atoms with Gasteiger partial charge in [0, 0.05) is 24.2 Å². The third-order valence-electron chi connectivity index (χ3n) is 3.55. The van der Waals surface area contributed by atoms with Crippen molar-refractivity contribution >= 4 is 0 Å². The third-order valence-corrected chi connectivity index (χ3v) is 3.55. The molecule has 2 rings (SSSR count). The summed E-state index contributed by atoms with van der Waals surface area (Å²) >= 11 is 0. The van der Waals surface area contributed by atoms with Gasteiger partial charge in [-0.1, -0.05) is 6.92 Å². The minimum Gasteiger partial charge on any atom is -0.466 e. The van der Waals surface area contributed by atoms with Crippen molar-refractivity contribution in [3.8, 4) is 0 Å². The number of aryl methyl sites for hydroxylation is 2. The van der Waals surface area contributed by atoms with Crippen LogP contribution in [0.15, 0.2) is 22.7 Å². The van der Waals surface area contributed by atoms with Crippen molar-refractivity contribution in [3.63, 3.8) is 0 Å². The minimum atomic E-state index is -0.558. The molecule has 0 aliphatic rings. The normalized spacial score (nSPS) is 14.6. The first-order chi connectivity index (χ1) is 9.01. The second kappa shape index (κ2) is 5.61. The van der Waals surface area contributed by atoms with Crippen molar-refractivity contribution in [1.29, 1.82) is 0 Å². The average Bonchev–Trinajstić information content (AvgIpc) is 2.95. The molecule has 0 radical (unpaired) electrons. The second-order valence-electron chi connectivity index (χ2n) is 5.13. The third kappa shape index (κ3) is 3.07. The summed E-state index contributed by atoms with van der Waals surface area (Å²) in [7, 11) is 0. The summed E-state index contributed by atoms with van der Waals surface area (Å²) in [5.41, 5.74) is 1.77. The van der Waals surface area contributed by atoms with Gasteiger partial charge in [0.1, 0.15) is 11.5 Å². The van der Waals surface area contributed by atoms with Gasteiger partial charge in [-0.05, 0) is 39.3 Å². The Labute approximate surface area is 114 Å². The molecule has 0 amide bonds. The summed E-state index contributed by atoms with van der Waals surface area (Å²) in [4.78, 5) is 0. The van der Waals surface area contributed by atoms with Gasteiger partial charge >= 0.3 is 0 Å². The summed E-state index contributed by atoms with van der Waals surface area (Å²) in [6.45, 7) is 8.04. The molecule has 19 heavy (non-hydrogen) atoms. The molecule has 2 unspecified atom stereocenters. The van der Waals surface area contributed by atoms with Crippen molar-refractivity contribution in [2.45, 2.75) is 52.7 Å². The van der Waals surface area contributed by atoms with E-state index >= 15 is 0 Å². The van der Waals surface area contributed by atoms with Crippen LogP contribution in [0, 0.1) is 13.8 Å². The fourth-order valence-corrected chi connectivity index (χ4v) is 2.21. The molecule has 4 heteroatoms.